The summed E-state index contributed by atoms with van der Waals surface area (Å²) >= 11 is 0. The Morgan fingerprint density at radius 1 is 1.32 bits per heavy atom. The summed E-state index contributed by atoms with van der Waals surface area (Å²) < 4.78 is 5.83. The van der Waals surface area contributed by atoms with E-state index in [0.717, 1.165) is 4.57 Å². The normalized spacial score (nSPS) is 10.6. The van der Waals surface area contributed by atoms with Crippen molar-refractivity contribution in [1.29, 1.82) is 5.41 Å². The Balaban J connectivity index is 0.00000225. The third-order valence-electron chi connectivity index (χ3n) is 3.94. The fraction of sp³-hybridized carbons (Fsp3) is 0.267. The van der Waals surface area contributed by atoms with E-state index in [1.165, 1.54) is 17.9 Å². The number of aryl methyl sites for hydroxylation is 3. The van der Waals surface area contributed by atoms with Crippen molar-refractivity contribution in [3.8, 4) is 0 Å². The van der Waals surface area contributed by atoms with Gasteiger partial charge < -0.3 is 15.1 Å². The lowest BCUT2D eigenvalue weighted by Crippen LogP contribution is -2.39. The van der Waals surface area contributed by atoms with Gasteiger partial charge in [-0.15, -0.1) is 12.4 Å². The smallest absolute Gasteiger partial charge is 0.332 e. The van der Waals surface area contributed by atoms with Crippen LogP contribution in [0.5, 0.6) is 0 Å². The van der Waals surface area contributed by atoms with Gasteiger partial charge >= 0.3 is 5.69 Å². The number of halogens is 1. The van der Waals surface area contributed by atoms with E-state index in [9.17, 15) is 14.7 Å². The minimum Gasteiger partial charge on any atom is -0.859 e. The van der Waals surface area contributed by atoms with Crippen molar-refractivity contribution in [1.82, 2.24) is 18.7 Å². The molecule has 1 N–H and O–H groups in total. The molecular weight excluding hydrogens is 348 g/mol. The summed E-state index contributed by atoms with van der Waals surface area (Å²) in [5.74, 6) is -0.749. The highest BCUT2D eigenvalue weighted by atomic mass is 35.5. The van der Waals surface area contributed by atoms with Crippen LogP contribution in [0.3, 0.4) is 0 Å². The van der Waals surface area contributed by atoms with E-state index in [2.05, 4.69) is 4.98 Å². The third kappa shape index (κ3) is 3.18. The number of hydrogen-bond acceptors (Lipinski definition) is 5. The van der Waals surface area contributed by atoms with Crippen LogP contribution in [0.2, 0.25) is 0 Å². The van der Waals surface area contributed by atoms with Gasteiger partial charge in [0, 0.05) is 25.7 Å². The maximum Gasteiger partial charge on any atom is 0.332 e. The van der Waals surface area contributed by atoms with E-state index >= 15 is 0 Å². The van der Waals surface area contributed by atoms with Crippen LogP contribution < -0.4 is 20.9 Å². The first-order chi connectivity index (χ1) is 11.4. The highest BCUT2D eigenvalue weighted by Crippen LogP contribution is 2.05. The van der Waals surface area contributed by atoms with Crippen LogP contribution in [0.15, 0.2) is 40.4 Å². The van der Waals surface area contributed by atoms with Crippen molar-refractivity contribution in [2.24, 2.45) is 14.1 Å². The first-order valence-corrected chi connectivity index (χ1v) is 7.26. The van der Waals surface area contributed by atoms with E-state index in [4.69, 9.17) is 5.41 Å². The molecule has 0 radical (unpaired) electrons. The number of fused-ring (bicyclic) bond motifs is 1. The summed E-state index contributed by atoms with van der Waals surface area (Å²) in [7, 11) is 3.00. The molecule has 0 spiro atoms. The Morgan fingerprint density at radius 2 is 2.04 bits per heavy atom. The maximum atomic E-state index is 12.4. The van der Waals surface area contributed by atoms with Crippen LogP contribution in [-0.2, 0) is 27.2 Å². The van der Waals surface area contributed by atoms with Crippen molar-refractivity contribution >= 4 is 29.5 Å². The van der Waals surface area contributed by atoms with E-state index < -0.39 is 17.1 Å². The van der Waals surface area contributed by atoms with E-state index in [0.29, 0.717) is 29.8 Å². The SMILES string of the molecule is Cl.Cn1c(=O)c2c(ncn2CC[n+]2cccc(C(=N)[O-])c2)n(C)c1=O. The van der Waals surface area contributed by atoms with Crippen LogP contribution in [0.25, 0.3) is 11.2 Å². The van der Waals surface area contributed by atoms with Crippen molar-refractivity contribution in [2.45, 2.75) is 13.1 Å². The van der Waals surface area contributed by atoms with Gasteiger partial charge in [-0.1, -0.05) is 0 Å². The zero-order valence-corrected chi connectivity index (χ0v) is 14.5. The van der Waals surface area contributed by atoms with Crippen LogP contribution in [0, 0.1) is 5.41 Å². The Labute approximate surface area is 148 Å². The molecule has 0 amide bonds. The second-order valence-electron chi connectivity index (χ2n) is 5.48. The number of rotatable bonds is 4. The molecule has 0 aliphatic heterocycles. The molecule has 3 rings (SSSR count). The number of pyridine rings is 1. The van der Waals surface area contributed by atoms with E-state index in [1.807, 2.05) is 0 Å². The Kier molecular flexibility index (Phi) is 5.07. The predicted molar refractivity (Wildman–Crippen MR) is 90.9 cm³/mol. The van der Waals surface area contributed by atoms with Crippen LogP contribution in [0.4, 0.5) is 0 Å². The number of imidazole rings is 1. The molecule has 0 aliphatic carbocycles. The molecule has 3 heterocycles. The van der Waals surface area contributed by atoms with Gasteiger partial charge in [0.2, 0.25) is 0 Å². The summed E-state index contributed by atoms with van der Waals surface area (Å²) in [5, 5.41) is 18.3. The van der Waals surface area contributed by atoms with Gasteiger partial charge in [-0.3, -0.25) is 13.9 Å². The summed E-state index contributed by atoms with van der Waals surface area (Å²) in [6.07, 6.45) is 4.88. The predicted octanol–water partition coefficient (Wildman–Crippen LogP) is -1.47. The number of nitrogens with zero attached hydrogens (tertiary/aromatic N) is 5. The first kappa shape index (κ1) is 18.4. The minimum atomic E-state index is -0.749. The number of nitrogens with one attached hydrogen (secondary N) is 1. The van der Waals surface area contributed by atoms with Gasteiger partial charge in [-0.2, -0.15) is 0 Å². The molecule has 10 heteroatoms. The van der Waals surface area contributed by atoms with Gasteiger partial charge in [-0.25, -0.2) is 14.3 Å². The van der Waals surface area contributed by atoms with Crippen LogP contribution >= 0.6 is 12.4 Å². The topological polar surface area (TPSA) is 113 Å². The van der Waals surface area contributed by atoms with Crippen molar-refractivity contribution < 1.29 is 9.67 Å². The summed E-state index contributed by atoms with van der Waals surface area (Å²) in [6, 6.07) is 3.26. The van der Waals surface area contributed by atoms with Gasteiger partial charge in [0.15, 0.2) is 30.1 Å². The molecule has 3 aromatic rings. The molecule has 0 aromatic carbocycles. The number of hydrogen-bond donors (Lipinski definition) is 1. The highest BCUT2D eigenvalue weighted by Gasteiger charge is 2.15. The summed E-state index contributed by atoms with van der Waals surface area (Å²) in [6.45, 7) is 0.919. The maximum absolute atomic E-state index is 12.4. The zero-order valence-electron chi connectivity index (χ0n) is 13.7. The largest absolute Gasteiger partial charge is 0.859 e. The Morgan fingerprint density at radius 3 is 2.72 bits per heavy atom. The first-order valence-electron chi connectivity index (χ1n) is 7.26. The molecule has 25 heavy (non-hydrogen) atoms. The monoisotopic (exact) mass is 364 g/mol. The average Bonchev–Trinajstić information content (AvgIpc) is 3.00. The fourth-order valence-corrected chi connectivity index (χ4v) is 2.59. The third-order valence-corrected chi connectivity index (χ3v) is 3.94. The second-order valence-corrected chi connectivity index (χ2v) is 5.48. The lowest BCUT2D eigenvalue weighted by molar-refractivity contribution is -0.698. The lowest BCUT2D eigenvalue weighted by atomic mass is 10.3. The highest BCUT2D eigenvalue weighted by molar-refractivity contribution is 5.87. The molecule has 0 aliphatic rings. The molecule has 9 nitrogen and oxygen atoms in total. The molecule has 0 atom stereocenters. The minimum absolute atomic E-state index is 0. The summed E-state index contributed by atoms with van der Waals surface area (Å²) in [5.41, 5.74) is 0.168. The molecule has 0 saturated carbocycles. The molecule has 0 fully saturated rings. The van der Waals surface area contributed by atoms with Gasteiger partial charge in [0.25, 0.3) is 5.56 Å². The Bertz CT molecular complexity index is 1070. The molecule has 0 unspecified atom stereocenters. The number of aromatic nitrogens is 5. The van der Waals surface area contributed by atoms with Gasteiger partial charge in [0.05, 0.1) is 12.9 Å². The molecule has 132 valence electrons. The van der Waals surface area contributed by atoms with Crippen molar-refractivity contribution in [3.63, 3.8) is 0 Å². The lowest BCUT2D eigenvalue weighted by Gasteiger charge is -2.07. The van der Waals surface area contributed by atoms with Crippen molar-refractivity contribution in [2.75, 3.05) is 0 Å². The van der Waals surface area contributed by atoms with Crippen molar-refractivity contribution in [3.05, 3.63) is 57.3 Å². The van der Waals surface area contributed by atoms with E-state index in [-0.39, 0.29) is 12.4 Å². The summed E-state index contributed by atoms with van der Waals surface area (Å²) in [4.78, 5) is 28.4. The van der Waals surface area contributed by atoms with Gasteiger partial charge in [0.1, 0.15) is 0 Å². The van der Waals surface area contributed by atoms with E-state index in [1.54, 1.807) is 40.7 Å². The zero-order chi connectivity index (χ0) is 17.4. The quantitative estimate of drug-likeness (QED) is 0.346. The Hall–Kier alpha value is -2.94. The van der Waals surface area contributed by atoms with Crippen LogP contribution in [-0.4, -0.2) is 24.6 Å². The standard InChI is InChI=1S/C15H16N6O3.ClH/c1-18-13-11(14(23)19(2)15(18)24)21(9-17-13)7-6-20-5-3-4-10(8-20)12(16)22;/h3-5,8-9H,6-7H2,1-2H3,(H-,16,22);1H. The second kappa shape index (κ2) is 6.89. The fourth-order valence-electron chi connectivity index (χ4n) is 2.59. The van der Waals surface area contributed by atoms with Crippen LogP contribution in [0.1, 0.15) is 5.56 Å². The average molecular weight is 365 g/mol. The molecule has 0 saturated heterocycles. The molecular formula is C15H17ClN6O3. The molecule has 0 bridgehead atoms. The molecule has 3 aromatic heterocycles. The van der Waals surface area contributed by atoms with Gasteiger partial charge in [-0.05, 0) is 12.0 Å².